The molecule has 1 aromatic heterocycles. The van der Waals surface area contributed by atoms with E-state index in [4.69, 9.17) is 37.6 Å². The number of hydrogen-bond acceptors (Lipinski definition) is 19. The number of phenolic OH excluding ortho intramolecular Hbond substituents is 3. The van der Waals surface area contributed by atoms with Crippen LogP contribution < -0.4 is 19.6 Å². The van der Waals surface area contributed by atoms with E-state index in [1.807, 2.05) is 0 Å². The number of rotatable bonds is 12. The van der Waals surface area contributed by atoms with Gasteiger partial charge in [0.2, 0.25) is 6.29 Å². The van der Waals surface area contributed by atoms with Gasteiger partial charge in [0.25, 0.3) is 0 Å². The summed E-state index contributed by atoms with van der Waals surface area (Å²) in [5.74, 6) is -6.27. The van der Waals surface area contributed by atoms with E-state index in [1.54, 1.807) is 0 Å². The molecule has 0 spiro atoms. The Morgan fingerprint density at radius 2 is 1.29 bits per heavy atom. The van der Waals surface area contributed by atoms with Crippen molar-refractivity contribution in [3.8, 4) is 45.8 Å². The van der Waals surface area contributed by atoms with Crippen LogP contribution >= 0.6 is 0 Å². The Bertz CT molecular complexity index is 2320. The molecular formula is C38H36O21. The highest BCUT2D eigenvalue weighted by atomic mass is 16.8. The predicted molar refractivity (Wildman–Crippen MR) is 193 cm³/mol. The van der Waals surface area contributed by atoms with Gasteiger partial charge in [-0.2, -0.15) is 0 Å². The number of aliphatic hydroxyl groups is 4. The van der Waals surface area contributed by atoms with E-state index >= 15 is 0 Å². The van der Waals surface area contributed by atoms with Gasteiger partial charge in [0.15, 0.2) is 59.1 Å². The summed E-state index contributed by atoms with van der Waals surface area (Å²) in [4.78, 5) is 50.2. The van der Waals surface area contributed by atoms with E-state index < -0.39 is 96.2 Å². The molecule has 59 heavy (non-hydrogen) atoms. The van der Waals surface area contributed by atoms with Crippen molar-refractivity contribution in [3.05, 3.63) is 76.5 Å². The molecule has 0 saturated carbocycles. The number of methoxy groups -OCH3 is 2. The second-order valence-electron chi connectivity index (χ2n) is 13.1. The van der Waals surface area contributed by atoms with Crippen LogP contribution in [0.15, 0.2) is 69.9 Å². The zero-order valence-corrected chi connectivity index (χ0v) is 30.5. The van der Waals surface area contributed by atoms with Crippen molar-refractivity contribution in [3.63, 3.8) is 0 Å². The second-order valence-corrected chi connectivity index (χ2v) is 13.1. The minimum Gasteiger partial charge on any atom is -0.507 e. The minimum atomic E-state index is -2.27. The lowest BCUT2D eigenvalue weighted by Crippen LogP contribution is -2.66. The number of ether oxygens (including phenoxy) is 7. The second kappa shape index (κ2) is 17.2. The Labute approximate surface area is 330 Å². The van der Waals surface area contributed by atoms with Crippen LogP contribution in [0.3, 0.4) is 0 Å². The number of carbonyl (C=O) groups excluding carboxylic acids is 1. The van der Waals surface area contributed by atoms with Gasteiger partial charge in [0.1, 0.15) is 52.6 Å². The third kappa shape index (κ3) is 8.71. The van der Waals surface area contributed by atoms with Crippen LogP contribution in [0.1, 0.15) is 5.56 Å². The molecule has 314 valence electrons. The van der Waals surface area contributed by atoms with Gasteiger partial charge in [-0.3, -0.25) is 4.79 Å². The van der Waals surface area contributed by atoms with Crippen LogP contribution in [-0.2, 0) is 33.3 Å². The van der Waals surface area contributed by atoms with Crippen LogP contribution in [0.2, 0.25) is 0 Å². The Morgan fingerprint density at radius 1 is 0.695 bits per heavy atom. The number of carbonyl (C=O) groups is 3. The molecule has 0 unspecified atom stereocenters. The fourth-order valence-electron chi connectivity index (χ4n) is 6.27. The topological polar surface area (TPSA) is 328 Å². The first kappa shape index (κ1) is 42.2. The standard InChI is InChI=1S/C38H36O21/c1-52-22-9-14(3-6-17(22)39)4-8-25(43)56-33-29(46)27(44)32(36(50)51)58-38(33)59-34-30(47)28(45)31(35(48)49)57-37(34)54-16-11-19(41)26-20(42)13-21(55-24(26)12-16)15-5-7-18(40)23(10-15)53-2/h3-13,27-34,37-41,44-47H,1-2H3,(H,48,49)(H,50,51)/b8-4+/t27-,28-,29-,30-,31-,32+,33-,34-,37+,38-/m0/s1. The zero-order chi connectivity index (χ0) is 42.9. The van der Waals surface area contributed by atoms with Crippen LogP contribution in [-0.4, -0.2) is 139 Å². The maximum atomic E-state index is 13.1. The number of esters is 1. The maximum Gasteiger partial charge on any atom is 0.335 e. The lowest BCUT2D eigenvalue weighted by Gasteiger charge is -2.45. The number of phenols is 3. The molecule has 0 bridgehead atoms. The van der Waals surface area contributed by atoms with Crippen molar-refractivity contribution in [2.45, 2.75) is 61.4 Å². The van der Waals surface area contributed by atoms with E-state index in [1.165, 1.54) is 56.7 Å². The van der Waals surface area contributed by atoms with E-state index in [9.17, 15) is 65.1 Å². The SMILES string of the molecule is COc1cc(/C=C/C(=O)O[C@@H]2[C@H](O[C@@H]3[C@H](Oc4cc(O)c5c(=O)cc(-c6ccc(O)c(OC)c6)oc5c4)O[C@H](C(=O)O)[C@@H](O)[C@@H]3O)O[C@@H](C(=O)O)[C@@H](O)[C@@H]2O)ccc1O. The van der Waals surface area contributed by atoms with Gasteiger partial charge < -0.3 is 83.5 Å². The van der Waals surface area contributed by atoms with Crippen LogP contribution in [0, 0.1) is 0 Å². The van der Waals surface area contributed by atoms with Gasteiger partial charge in [-0.25, -0.2) is 14.4 Å². The Balaban J connectivity index is 1.33. The van der Waals surface area contributed by atoms with Gasteiger partial charge >= 0.3 is 17.9 Å². The van der Waals surface area contributed by atoms with Crippen molar-refractivity contribution >= 4 is 35.0 Å². The average Bonchev–Trinajstić information content (AvgIpc) is 3.19. The first-order valence-corrected chi connectivity index (χ1v) is 17.3. The van der Waals surface area contributed by atoms with Crippen molar-refractivity contribution in [2.75, 3.05) is 14.2 Å². The van der Waals surface area contributed by atoms with E-state index in [2.05, 4.69) is 0 Å². The summed E-state index contributed by atoms with van der Waals surface area (Å²) < 4.78 is 43.7. The first-order valence-electron chi connectivity index (χ1n) is 17.3. The number of hydrogen-bond donors (Lipinski definition) is 9. The molecule has 4 aromatic rings. The molecule has 2 fully saturated rings. The molecule has 9 N–H and O–H groups in total. The molecule has 0 radical (unpaired) electrons. The summed E-state index contributed by atoms with van der Waals surface area (Å²) in [5.41, 5.74) is -0.420. The number of carboxylic acid groups (broad SMARTS) is 2. The summed E-state index contributed by atoms with van der Waals surface area (Å²) in [5, 5.41) is 93.3. The lowest BCUT2D eigenvalue weighted by molar-refractivity contribution is -0.350. The van der Waals surface area contributed by atoms with E-state index in [-0.39, 0.29) is 45.3 Å². The highest BCUT2D eigenvalue weighted by molar-refractivity contribution is 5.88. The molecule has 0 aliphatic carbocycles. The van der Waals surface area contributed by atoms with Gasteiger partial charge in [0.05, 0.1) is 14.2 Å². The maximum absolute atomic E-state index is 13.1. The molecule has 3 aromatic carbocycles. The summed E-state index contributed by atoms with van der Waals surface area (Å²) >= 11 is 0. The zero-order valence-electron chi connectivity index (χ0n) is 30.5. The normalized spacial score (nSPS) is 26.9. The number of carboxylic acids is 2. The minimum absolute atomic E-state index is 0.0432. The summed E-state index contributed by atoms with van der Waals surface area (Å²) in [6.45, 7) is 0. The van der Waals surface area contributed by atoms with E-state index in [0.717, 1.165) is 24.3 Å². The lowest BCUT2D eigenvalue weighted by atomic mass is 9.96. The smallest absolute Gasteiger partial charge is 0.335 e. The Hall–Kier alpha value is -6.46. The van der Waals surface area contributed by atoms with Crippen molar-refractivity contribution < 1.29 is 97.9 Å². The van der Waals surface area contributed by atoms with Crippen LogP contribution in [0.25, 0.3) is 28.4 Å². The molecular weight excluding hydrogens is 792 g/mol. The predicted octanol–water partition coefficient (Wildman–Crippen LogP) is 0.0458. The van der Waals surface area contributed by atoms with E-state index in [0.29, 0.717) is 5.56 Å². The molecule has 6 rings (SSSR count). The monoisotopic (exact) mass is 828 g/mol. The van der Waals surface area contributed by atoms with Gasteiger partial charge in [-0.1, -0.05) is 6.07 Å². The molecule has 3 heterocycles. The largest absolute Gasteiger partial charge is 0.507 e. The van der Waals surface area contributed by atoms with Crippen LogP contribution in [0.5, 0.6) is 34.5 Å². The summed E-state index contributed by atoms with van der Waals surface area (Å²) in [6, 6.07) is 11.1. The Morgan fingerprint density at radius 3 is 1.92 bits per heavy atom. The molecule has 2 aliphatic heterocycles. The number of aromatic hydroxyl groups is 3. The molecule has 2 saturated heterocycles. The molecule has 21 nitrogen and oxygen atoms in total. The number of aliphatic carboxylic acids is 2. The van der Waals surface area contributed by atoms with Gasteiger partial charge in [0, 0.05) is 29.8 Å². The number of aliphatic hydroxyl groups excluding tert-OH is 4. The highest BCUT2D eigenvalue weighted by Crippen LogP contribution is 2.37. The summed E-state index contributed by atoms with van der Waals surface area (Å²) in [7, 11) is 2.59. The fraction of sp³-hybridized carbons (Fsp3) is 0.316. The number of benzene rings is 3. The highest BCUT2D eigenvalue weighted by Gasteiger charge is 2.55. The van der Waals surface area contributed by atoms with Crippen LogP contribution in [0.4, 0.5) is 0 Å². The average molecular weight is 829 g/mol. The van der Waals surface area contributed by atoms with Crippen molar-refractivity contribution in [2.24, 2.45) is 0 Å². The third-order valence-electron chi connectivity index (χ3n) is 9.24. The van der Waals surface area contributed by atoms with Crippen molar-refractivity contribution in [1.29, 1.82) is 0 Å². The first-order chi connectivity index (χ1) is 28.0. The van der Waals surface area contributed by atoms with Gasteiger partial charge in [-0.05, 0) is 42.0 Å². The fourth-order valence-corrected chi connectivity index (χ4v) is 6.27. The van der Waals surface area contributed by atoms with Gasteiger partial charge in [-0.15, -0.1) is 0 Å². The molecule has 21 heteroatoms. The molecule has 2 aliphatic rings. The molecule has 0 amide bonds. The molecule has 10 atom stereocenters. The number of fused-ring (bicyclic) bond motifs is 1. The van der Waals surface area contributed by atoms with Crippen molar-refractivity contribution in [1.82, 2.24) is 0 Å². The summed E-state index contributed by atoms with van der Waals surface area (Å²) in [6.07, 6.45) is -19.8. The third-order valence-corrected chi connectivity index (χ3v) is 9.24. The Kier molecular flexibility index (Phi) is 12.3. The quantitative estimate of drug-likeness (QED) is 0.0672.